The van der Waals surface area contributed by atoms with Gasteiger partial charge in [0.2, 0.25) is 11.8 Å². The summed E-state index contributed by atoms with van der Waals surface area (Å²) in [5.74, 6) is -0.990. The Bertz CT molecular complexity index is 646. The monoisotopic (exact) mass is 371 g/mol. The average molecular weight is 371 g/mol. The molecule has 3 unspecified atom stereocenters. The van der Waals surface area contributed by atoms with Gasteiger partial charge in [0.05, 0.1) is 29.7 Å². The third-order valence-electron chi connectivity index (χ3n) is 4.66. The summed E-state index contributed by atoms with van der Waals surface area (Å²) in [6, 6.07) is 3.53. The maximum Gasteiger partial charge on any atom is 0.416 e. The number of rotatable bonds is 5. The third-order valence-corrected chi connectivity index (χ3v) is 4.66. The van der Waals surface area contributed by atoms with Gasteiger partial charge in [0.15, 0.2) is 0 Å². The molecule has 1 aliphatic rings. The number of hydrogen-bond donors (Lipinski definition) is 3. The number of carbonyl (C=O) groups excluding carboxylic acids is 2. The van der Waals surface area contributed by atoms with Crippen LogP contribution in [0.25, 0.3) is 0 Å². The Morgan fingerprint density at radius 3 is 2.31 bits per heavy atom. The first kappa shape index (κ1) is 20.2. The molecule has 0 aliphatic carbocycles. The molecule has 2 rings (SSSR count). The highest BCUT2D eigenvalue weighted by Gasteiger charge is 2.39. The van der Waals surface area contributed by atoms with Crippen LogP contribution in [0.15, 0.2) is 24.3 Å². The summed E-state index contributed by atoms with van der Waals surface area (Å²) < 4.78 is 37.9. The number of benzene rings is 1. The lowest BCUT2D eigenvalue weighted by atomic mass is 9.91. The van der Waals surface area contributed by atoms with E-state index < -0.39 is 29.7 Å². The molecule has 0 bridgehead atoms. The van der Waals surface area contributed by atoms with Crippen molar-refractivity contribution in [1.29, 1.82) is 0 Å². The summed E-state index contributed by atoms with van der Waals surface area (Å²) >= 11 is 0. The van der Waals surface area contributed by atoms with Crippen LogP contribution in [-0.4, -0.2) is 24.0 Å². The molecule has 1 saturated heterocycles. The molecule has 5 nitrogen and oxygen atoms in total. The summed E-state index contributed by atoms with van der Waals surface area (Å²) in [6.45, 7) is 5.42. The second kappa shape index (κ2) is 8.07. The lowest BCUT2D eigenvalue weighted by Crippen LogP contribution is -2.65. The Morgan fingerprint density at radius 2 is 1.81 bits per heavy atom. The molecule has 1 heterocycles. The zero-order valence-electron chi connectivity index (χ0n) is 15.0. The highest BCUT2D eigenvalue weighted by Crippen LogP contribution is 2.30. The van der Waals surface area contributed by atoms with Crippen LogP contribution < -0.4 is 16.0 Å². The van der Waals surface area contributed by atoms with Crippen LogP contribution >= 0.6 is 0 Å². The number of carbonyl (C=O) groups is 2. The first-order valence-electron chi connectivity index (χ1n) is 8.71. The Kier molecular flexibility index (Phi) is 6.28. The molecule has 26 heavy (non-hydrogen) atoms. The first-order valence-corrected chi connectivity index (χ1v) is 8.71. The van der Waals surface area contributed by atoms with Crippen LogP contribution in [0, 0.1) is 5.92 Å². The number of nitrogens with one attached hydrogen (secondary N) is 3. The van der Waals surface area contributed by atoms with E-state index in [2.05, 4.69) is 16.0 Å². The van der Waals surface area contributed by atoms with Crippen molar-refractivity contribution in [2.75, 3.05) is 0 Å². The third kappa shape index (κ3) is 4.55. The van der Waals surface area contributed by atoms with Gasteiger partial charge in [0.1, 0.15) is 0 Å². The van der Waals surface area contributed by atoms with Crippen molar-refractivity contribution in [1.82, 2.24) is 16.0 Å². The van der Waals surface area contributed by atoms with Gasteiger partial charge in [-0.1, -0.05) is 26.0 Å². The number of amides is 2. The maximum atomic E-state index is 12.7. The molecule has 3 N–H and O–H groups in total. The molecule has 0 spiro atoms. The fourth-order valence-corrected chi connectivity index (χ4v) is 3.05. The van der Waals surface area contributed by atoms with Crippen LogP contribution in [0.4, 0.5) is 13.2 Å². The van der Waals surface area contributed by atoms with Crippen LogP contribution in [0.2, 0.25) is 0 Å². The standard InChI is InChI=1S/C18H24F3N3O2/c1-4-13-15(23-14(5-2)24-16(13)25)17(26)22-10(3)11-6-8-12(9-7-11)18(19,20)21/h6-10,13-15,23H,4-5H2,1-3H3,(H,22,26)(H,24,25)/t10-,13?,14?,15?/m1/s1. The molecule has 0 saturated carbocycles. The van der Waals surface area contributed by atoms with Crippen molar-refractivity contribution in [3.05, 3.63) is 35.4 Å². The molecule has 1 fully saturated rings. The Morgan fingerprint density at radius 1 is 1.19 bits per heavy atom. The first-order chi connectivity index (χ1) is 12.2. The predicted molar refractivity (Wildman–Crippen MR) is 90.9 cm³/mol. The zero-order chi connectivity index (χ0) is 19.5. The highest BCUT2D eigenvalue weighted by molar-refractivity contribution is 5.91. The van der Waals surface area contributed by atoms with E-state index >= 15 is 0 Å². The zero-order valence-corrected chi connectivity index (χ0v) is 15.0. The topological polar surface area (TPSA) is 70.2 Å². The van der Waals surface area contributed by atoms with Crippen molar-refractivity contribution >= 4 is 11.8 Å². The van der Waals surface area contributed by atoms with Crippen LogP contribution in [0.5, 0.6) is 0 Å². The van der Waals surface area contributed by atoms with Crippen molar-refractivity contribution in [3.8, 4) is 0 Å². The highest BCUT2D eigenvalue weighted by atomic mass is 19.4. The molecular formula is C18H24F3N3O2. The molecular weight excluding hydrogens is 347 g/mol. The van der Waals surface area contributed by atoms with Gasteiger partial charge in [-0.3, -0.25) is 14.9 Å². The molecule has 1 aromatic carbocycles. The summed E-state index contributed by atoms with van der Waals surface area (Å²) in [4.78, 5) is 24.8. The summed E-state index contributed by atoms with van der Waals surface area (Å²) in [5, 5.41) is 8.74. The van der Waals surface area contributed by atoms with E-state index in [0.717, 1.165) is 12.1 Å². The minimum absolute atomic E-state index is 0.166. The van der Waals surface area contributed by atoms with Crippen LogP contribution in [-0.2, 0) is 15.8 Å². The molecule has 144 valence electrons. The van der Waals surface area contributed by atoms with E-state index in [9.17, 15) is 22.8 Å². The Balaban J connectivity index is 2.08. The van der Waals surface area contributed by atoms with Gasteiger partial charge in [-0.05, 0) is 37.5 Å². The molecule has 2 amide bonds. The SMILES string of the molecule is CCC1NC(=O)C(CC)C(C(=O)N[C@H](C)c2ccc(C(F)(F)F)cc2)N1. The molecule has 0 radical (unpaired) electrons. The van der Waals surface area contributed by atoms with Crippen LogP contribution in [0.1, 0.15) is 50.8 Å². The van der Waals surface area contributed by atoms with Gasteiger partial charge in [0.25, 0.3) is 0 Å². The minimum Gasteiger partial charge on any atom is -0.348 e. The Hall–Kier alpha value is -2.09. The van der Waals surface area contributed by atoms with E-state index in [1.54, 1.807) is 6.92 Å². The van der Waals surface area contributed by atoms with Crippen molar-refractivity contribution in [2.24, 2.45) is 5.92 Å². The van der Waals surface area contributed by atoms with Crippen molar-refractivity contribution < 1.29 is 22.8 Å². The lowest BCUT2D eigenvalue weighted by molar-refractivity contribution is -0.137. The molecule has 1 aromatic rings. The largest absolute Gasteiger partial charge is 0.416 e. The number of hydrogen-bond acceptors (Lipinski definition) is 3. The predicted octanol–water partition coefficient (Wildman–Crippen LogP) is 2.73. The lowest BCUT2D eigenvalue weighted by Gasteiger charge is -2.36. The fraction of sp³-hybridized carbons (Fsp3) is 0.556. The Labute approximate surface area is 150 Å². The second-order valence-corrected chi connectivity index (χ2v) is 6.48. The van der Waals surface area contributed by atoms with Gasteiger partial charge in [-0.15, -0.1) is 0 Å². The molecule has 1 aliphatic heterocycles. The second-order valence-electron chi connectivity index (χ2n) is 6.48. The van der Waals surface area contributed by atoms with E-state index in [0.29, 0.717) is 18.4 Å². The average Bonchev–Trinajstić information content (AvgIpc) is 2.60. The maximum absolute atomic E-state index is 12.7. The minimum atomic E-state index is -4.39. The number of halogens is 3. The van der Waals surface area contributed by atoms with E-state index in [4.69, 9.17) is 0 Å². The van der Waals surface area contributed by atoms with Gasteiger partial charge in [0, 0.05) is 0 Å². The number of alkyl halides is 3. The van der Waals surface area contributed by atoms with Gasteiger partial charge < -0.3 is 10.6 Å². The molecule has 4 atom stereocenters. The van der Waals surface area contributed by atoms with Gasteiger partial charge >= 0.3 is 6.18 Å². The van der Waals surface area contributed by atoms with E-state index in [1.165, 1.54) is 12.1 Å². The molecule has 0 aromatic heterocycles. The van der Waals surface area contributed by atoms with Gasteiger partial charge in [-0.2, -0.15) is 13.2 Å². The van der Waals surface area contributed by atoms with Crippen LogP contribution in [0.3, 0.4) is 0 Å². The van der Waals surface area contributed by atoms with E-state index in [-0.39, 0.29) is 18.0 Å². The van der Waals surface area contributed by atoms with Gasteiger partial charge in [-0.25, -0.2) is 0 Å². The smallest absolute Gasteiger partial charge is 0.348 e. The van der Waals surface area contributed by atoms with Crippen molar-refractivity contribution in [3.63, 3.8) is 0 Å². The quantitative estimate of drug-likeness (QED) is 0.745. The summed E-state index contributed by atoms with van der Waals surface area (Å²) in [5.41, 5.74) is -0.172. The normalized spacial score (nSPS) is 24.7. The summed E-state index contributed by atoms with van der Waals surface area (Å²) in [7, 11) is 0. The fourth-order valence-electron chi connectivity index (χ4n) is 3.05. The molecule has 8 heteroatoms. The van der Waals surface area contributed by atoms with Crippen molar-refractivity contribution in [2.45, 2.75) is 58.0 Å². The summed E-state index contributed by atoms with van der Waals surface area (Å²) in [6.07, 6.45) is -3.53. The van der Waals surface area contributed by atoms with E-state index in [1.807, 2.05) is 13.8 Å².